The van der Waals surface area contributed by atoms with E-state index >= 15 is 0 Å². The number of carbonyl (C=O) groups excluding carboxylic acids is 3. The number of carbonyl (C=O) groups is 3. The van der Waals surface area contributed by atoms with Gasteiger partial charge in [0, 0.05) is 19.3 Å². The van der Waals surface area contributed by atoms with Gasteiger partial charge in [-0.15, -0.1) is 0 Å². The monoisotopic (exact) mass is 989 g/mol. The van der Waals surface area contributed by atoms with Gasteiger partial charge >= 0.3 is 17.9 Å². The van der Waals surface area contributed by atoms with Crippen molar-refractivity contribution in [2.75, 3.05) is 13.2 Å². The Labute approximate surface area is 439 Å². The molecule has 0 aromatic rings. The van der Waals surface area contributed by atoms with Gasteiger partial charge in [-0.2, -0.15) is 0 Å². The zero-order valence-corrected chi connectivity index (χ0v) is 46.7. The van der Waals surface area contributed by atoms with Crippen molar-refractivity contribution in [3.05, 3.63) is 85.1 Å². The molecule has 0 aliphatic carbocycles. The lowest BCUT2D eigenvalue weighted by atomic mass is 10.0. The summed E-state index contributed by atoms with van der Waals surface area (Å²) in [4.78, 5) is 37.8. The fraction of sp³-hybridized carbons (Fsp3) is 0.738. The Kier molecular flexibility index (Phi) is 56.3. The molecule has 0 bridgehead atoms. The van der Waals surface area contributed by atoms with Gasteiger partial charge in [0.2, 0.25) is 0 Å². The van der Waals surface area contributed by atoms with E-state index < -0.39 is 6.10 Å². The Balaban J connectivity index is 4.14. The molecular formula is C65H112O6. The van der Waals surface area contributed by atoms with Crippen LogP contribution in [0.5, 0.6) is 0 Å². The van der Waals surface area contributed by atoms with Crippen molar-refractivity contribution in [2.45, 2.75) is 297 Å². The molecule has 0 spiro atoms. The molecule has 6 nitrogen and oxygen atoms in total. The number of allylic oxidation sites excluding steroid dienone is 14. The number of rotatable bonds is 54. The third kappa shape index (κ3) is 57.4. The summed E-state index contributed by atoms with van der Waals surface area (Å²) >= 11 is 0. The standard InChI is InChI=1S/C65H112O6/c1-4-7-10-13-15-17-19-21-23-25-27-29-31-32-34-35-37-39-41-43-45-47-49-52-55-58-64(67)70-61-62(60-69-63(66)57-54-51-12-9-6-3)71-65(68)59-56-53-50-48-46-44-42-40-38-36-33-30-28-26-24-22-20-18-16-14-11-8-5-2/h8,11,16,18,22,24,28,30,36,38,42,44,48,50,62H,4-7,9-10,12-15,17,19-21,23,25-27,29,31-35,37,39-41,43,45-47,49,51-61H2,1-3H3/b11-8-,18-16-,24-22-,30-28-,38-36-,44-42-,50-48-. The summed E-state index contributed by atoms with van der Waals surface area (Å²) in [6, 6.07) is 0. The number of unbranched alkanes of at least 4 members (excludes halogenated alkanes) is 29. The third-order valence-electron chi connectivity index (χ3n) is 12.9. The van der Waals surface area contributed by atoms with Gasteiger partial charge in [0.1, 0.15) is 13.2 Å². The Morgan fingerprint density at radius 3 is 0.845 bits per heavy atom. The summed E-state index contributed by atoms with van der Waals surface area (Å²) in [7, 11) is 0. The van der Waals surface area contributed by atoms with E-state index in [1.165, 1.54) is 141 Å². The van der Waals surface area contributed by atoms with Gasteiger partial charge < -0.3 is 14.2 Å². The molecule has 71 heavy (non-hydrogen) atoms. The molecule has 1 unspecified atom stereocenters. The predicted octanol–water partition coefficient (Wildman–Crippen LogP) is 20.3. The van der Waals surface area contributed by atoms with Crippen molar-refractivity contribution >= 4 is 17.9 Å². The van der Waals surface area contributed by atoms with E-state index in [4.69, 9.17) is 14.2 Å². The molecule has 0 amide bonds. The van der Waals surface area contributed by atoms with Crippen LogP contribution in [0.3, 0.4) is 0 Å². The van der Waals surface area contributed by atoms with Gasteiger partial charge in [-0.05, 0) is 70.6 Å². The molecule has 0 aliphatic rings. The van der Waals surface area contributed by atoms with Crippen LogP contribution in [-0.4, -0.2) is 37.2 Å². The van der Waals surface area contributed by atoms with Gasteiger partial charge in [-0.3, -0.25) is 14.4 Å². The molecule has 0 aromatic heterocycles. The maximum absolute atomic E-state index is 12.8. The molecule has 1 atom stereocenters. The van der Waals surface area contributed by atoms with Crippen molar-refractivity contribution in [3.8, 4) is 0 Å². The highest BCUT2D eigenvalue weighted by atomic mass is 16.6. The van der Waals surface area contributed by atoms with Crippen LogP contribution in [0, 0.1) is 0 Å². The van der Waals surface area contributed by atoms with Crippen LogP contribution >= 0.6 is 0 Å². The minimum Gasteiger partial charge on any atom is -0.462 e. The van der Waals surface area contributed by atoms with Gasteiger partial charge in [0.25, 0.3) is 0 Å². The zero-order chi connectivity index (χ0) is 51.4. The lowest BCUT2D eigenvalue weighted by molar-refractivity contribution is -0.167. The summed E-state index contributed by atoms with van der Waals surface area (Å²) < 4.78 is 16.7. The van der Waals surface area contributed by atoms with Gasteiger partial charge in [0.15, 0.2) is 6.10 Å². The summed E-state index contributed by atoms with van der Waals surface area (Å²) in [5.74, 6) is -0.965. The maximum Gasteiger partial charge on any atom is 0.306 e. The second kappa shape index (κ2) is 59.2. The number of hydrogen-bond acceptors (Lipinski definition) is 6. The number of esters is 3. The van der Waals surface area contributed by atoms with Crippen LogP contribution in [0.25, 0.3) is 0 Å². The van der Waals surface area contributed by atoms with Crippen molar-refractivity contribution in [3.63, 3.8) is 0 Å². The second-order valence-corrected chi connectivity index (χ2v) is 19.9. The molecule has 0 N–H and O–H groups in total. The van der Waals surface area contributed by atoms with Gasteiger partial charge in [-0.1, -0.05) is 286 Å². The molecule has 6 heteroatoms. The van der Waals surface area contributed by atoms with Crippen LogP contribution in [0.1, 0.15) is 290 Å². The molecule has 0 fully saturated rings. The first-order chi connectivity index (χ1) is 35.0. The highest BCUT2D eigenvalue weighted by Gasteiger charge is 2.19. The van der Waals surface area contributed by atoms with Crippen molar-refractivity contribution in [2.24, 2.45) is 0 Å². The lowest BCUT2D eigenvalue weighted by Crippen LogP contribution is -2.30. The minimum absolute atomic E-state index is 0.0976. The first-order valence-electron chi connectivity index (χ1n) is 30.1. The Hall–Kier alpha value is -3.41. The predicted molar refractivity (Wildman–Crippen MR) is 307 cm³/mol. The third-order valence-corrected chi connectivity index (χ3v) is 12.9. The van der Waals surface area contributed by atoms with Gasteiger partial charge in [0.05, 0.1) is 0 Å². The summed E-state index contributed by atoms with van der Waals surface area (Å²) in [6.45, 7) is 6.42. The first kappa shape index (κ1) is 67.6. The molecule has 0 saturated heterocycles. The van der Waals surface area contributed by atoms with Crippen molar-refractivity contribution < 1.29 is 28.6 Å². The summed E-state index contributed by atoms with van der Waals surface area (Å²) in [6.07, 6.45) is 77.9. The molecule has 0 aromatic carbocycles. The zero-order valence-electron chi connectivity index (χ0n) is 46.7. The van der Waals surface area contributed by atoms with E-state index in [1.807, 2.05) is 0 Å². The SMILES string of the molecule is CC/C=C\C/C=C\C/C=C\C/C=C\C/C=C\C/C=C\C/C=C\CCCC(=O)OC(COC(=O)CCCCCCC)COC(=O)CCCCCCCCCCCCCCCCCCCCCCCCCCC. The van der Waals surface area contributed by atoms with Gasteiger partial charge in [-0.25, -0.2) is 0 Å². The first-order valence-corrected chi connectivity index (χ1v) is 30.1. The van der Waals surface area contributed by atoms with Crippen molar-refractivity contribution in [1.82, 2.24) is 0 Å². The van der Waals surface area contributed by atoms with E-state index in [1.54, 1.807) is 0 Å². The molecule has 0 radical (unpaired) electrons. The molecule has 0 aliphatic heterocycles. The fourth-order valence-electron chi connectivity index (χ4n) is 8.43. The average Bonchev–Trinajstić information content (AvgIpc) is 3.37. The van der Waals surface area contributed by atoms with Crippen LogP contribution < -0.4 is 0 Å². The van der Waals surface area contributed by atoms with E-state index in [9.17, 15) is 14.4 Å². The van der Waals surface area contributed by atoms with Crippen LogP contribution in [0.4, 0.5) is 0 Å². The van der Waals surface area contributed by atoms with Crippen molar-refractivity contribution in [1.29, 1.82) is 0 Å². The maximum atomic E-state index is 12.8. The quantitative estimate of drug-likeness (QED) is 0.0261. The molecule has 408 valence electrons. The van der Waals surface area contributed by atoms with Crippen LogP contribution in [-0.2, 0) is 28.6 Å². The van der Waals surface area contributed by atoms with E-state index in [2.05, 4.69) is 106 Å². The van der Waals surface area contributed by atoms with E-state index in [0.717, 1.165) is 103 Å². The fourth-order valence-corrected chi connectivity index (χ4v) is 8.43. The molecular weight excluding hydrogens is 877 g/mol. The number of ether oxygens (including phenoxy) is 3. The smallest absolute Gasteiger partial charge is 0.306 e. The van der Waals surface area contributed by atoms with E-state index in [-0.39, 0.29) is 37.5 Å². The summed E-state index contributed by atoms with van der Waals surface area (Å²) in [5, 5.41) is 0. The highest BCUT2D eigenvalue weighted by Crippen LogP contribution is 2.17. The topological polar surface area (TPSA) is 78.9 Å². The highest BCUT2D eigenvalue weighted by molar-refractivity contribution is 5.71. The second-order valence-electron chi connectivity index (χ2n) is 19.9. The Morgan fingerprint density at radius 2 is 0.549 bits per heavy atom. The average molecular weight is 990 g/mol. The lowest BCUT2D eigenvalue weighted by Gasteiger charge is -2.18. The minimum atomic E-state index is -0.803. The molecule has 0 rings (SSSR count). The Bertz CT molecular complexity index is 1370. The largest absolute Gasteiger partial charge is 0.462 e. The number of hydrogen-bond donors (Lipinski definition) is 0. The molecule has 0 heterocycles. The van der Waals surface area contributed by atoms with Crippen LogP contribution in [0.15, 0.2) is 85.1 Å². The summed E-state index contributed by atoms with van der Waals surface area (Å²) in [5.41, 5.74) is 0. The molecule has 0 saturated carbocycles. The Morgan fingerprint density at radius 1 is 0.296 bits per heavy atom. The van der Waals surface area contributed by atoms with Crippen LogP contribution in [0.2, 0.25) is 0 Å². The van der Waals surface area contributed by atoms with E-state index in [0.29, 0.717) is 19.3 Å². The normalized spacial score (nSPS) is 12.7.